The van der Waals surface area contributed by atoms with Gasteiger partial charge in [-0.3, -0.25) is 0 Å². The van der Waals surface area contributed by atoms with Crippen LogP contribution in [-0.4, -0.2) is 23.0 Å². The highest BCUT2D eigenvalue weighted by molar-refractivity contribution is 7.41. The molecule has 2 aromatic rings. The summed E-state index contributed by atoms with van der Waals surface area (Å²) in [6.07, 6.45) is 0. The van der Waals surface area contributed by atoms with Crippen molar-refractivity contribution in [3.05, 3.63) is 59.7 Å². The molecule has 33 heavy (non-hydrogen) atoms. The fourth-order valence-corrected chi connectivity index (χ4v) is 4.47. The number of benzene rings is 2. The molecule has 0 saturated carbocycles. The van der Waals surface area contributed by atoms with Crippen molar-refractivity contribution >= 4 is 17.2 Å². The van der Waals surface area contributed by atoms with E-state index >= 15 is 0 Å². The molecular formula is C25H38O6P2. The van der Waals surface area contributed by atoms with Crippen LogP contribution in [0.25, 0.3) is 0 Å². The molecule has 0 amide bonds. The van der Waals surface area contributed by atoms with Gasteiger partial charge in [0, 0.05) is 5.41 Å². The molecule has 6 nitrogen and oxygen atoms in total. The third-order valence-electron chi connectivity index (χ3n) is 4.74. The first-order valence-electron chi connectivity index (χ1n) is 11.0. The van der Waals surface area contributed by atoms with Crippen molar-refractivity contribution in [2.24, 2.45) is 10.8 Å². The fraction of sp³-hybridized carbons (Fsp3) is 0.520. The molecule has 2 atom stereocenters. The van der Waals surface area contributed by atoms with Gasteiger partial charge in [0.1, 0.15) is 11.5 Å². The molecule has 0 aliphatic heterocycles. The van der Waals surface area contributed by atoms with Gasteiger partial charge in [0.05, 0.1) is 13.2 Å². The summed E-state index contributed by atoms with van der Waals surface area (Å²) in [5.74, 6) is 1.12. The van der Waals surface area contributed by atoms with E-state index in [9.17, 15) is 9.79 Å². The van der Waals surface area contributed by atoms with Crippen molar-refractivity contribution in [1.29, 1.82) is 0 Å². The molecule has 0 heterocycles. The van der Waals surface area contributed by atoms with Crippen molar-refractivity contribution in [3.63, 3.8) is 0 Å². The lowest BCUT2D eigenvalue weighted by Crippen LogP contribution is -2.18. The minimum absolute atomic E-state index is 0.0420. The van der Waals surface area contributed by atoms with Gasteiger partial charge in [0.25, 0.3) is 0 Å². The molecular weight excluding hydrogens is 458 g/mol. The highest BCUT2D eigenvalue weighted by atomic mass is 31.2. The van der Waals surface area contributed by atoms with Crippen LogP contribution in [0, 0.1) is 10.8 Å². The van der Waals surface area contributed by atoms with E-state index in [-0.39, 0.29) is 16.2 Å². The number of hydrogen-bond donors (Lipinski definition) is 2. The smallest absolute Gasteiger partial charge is 0.394 e. The van der Waals surface area contributed by atoms with Crippen LogP contribution in [0.1, 0.15) is 66.5 Å². The van der Waals surface area contributed by atoms with E-state index in [1.165, 1.54) is 0 Å². The lowest BCUT2D eigenvalue weighted by atomic mass is 9.78. The van der Waals surface area contributed by atoms with E-state index in [4.69, 9.17) is 18.1 Å². The summed E-state index contributed by atoms with van der Waals surface area (Å²) < 4.78 is 21.9. The molecule has 0 aromatic heterocycles. The Morgan fingerprint density at radius 1 is 0.576 bits per heavy atom. The highest BCUT2D eigenvalue weighted by Gasteiger charge is 2.24. The van der Waals surface area contributed by atoms with Crippen molar-refractivity contribution < 1.29 is 27.9 Å². The predicted octanol–water partition coefficient (Wildman–Crippen LogP) is 7.33. The van der Waals surface area contributed by atoms with Gasteiger partial charge in [0.15, 0.2) is 0 Å². The summed E-state index contributed by atoms with van der Waals surface area (Å²) in [4.78, 5) is 20.0. The zero-order valence-corrected chi connectivity index (χ0v) is 22.7. The van der Waals surface area contributed by atoms with Gasteiger partial charge in [-0.05, 0) is 46.2 Å². The van der Waals surface area contributed by atoms with E-state index < -0.39 is 17.2 Å². The zero-order chi connectivity index (χ0) is 24.9. The standard InChI is InChI=1S/C25H38O6P2/c1-23(2,3)17-28-32(26)30-21-13-9-19(10-14-21)25(7,8)20-11-15-22(16-12-20)31-33(27)29-18-24(4,5)6/h9-16,26-27H,17-18H2,1-8H3. The van der Waals surface area contributed by atoms with Crippen LogP contribution in [0.15, 0.2) is 48.5 Å². The van der Waals surface area contributed by atoms with Gasteiger partial charge >= 0.3 is 17.2 Å². The zero-order valence-electron chi connectivity index (χ0n) is 21.0. The summed E-state index contributed by atoms with van der Waals surface area (Å²) in [5.41, 5.74) is 1.84. The van der Waals surface area contributed by atoms with Gasteiger partial charge in [-0.25, -0.2) is 0 Å². The van der Waals surface area contributed by atoms with Gasteiger partial charge < -0.3 is 27.9 Å². The third kappa shape index (κ3) is 9.86. The molecule has 2 aromatic carbocycles. The van der Waals surface area contributed by atoms with Crippen molar-refractivity contribution in [3.8, 4) is 11.5 Å². The van der Waals surface area contributed by atoms with Crippen molar-refractivity contribution in [2.45, 2.75) is 60.8 Å². The highest BCUT2D eigenvalue weighted by Crippen LogP contribution is 2.40. The lowest BCUT2D eigenvalue weighted by molar-refractivity contribution is 0.175. The molecule has 2 N–H and O–H groups in total. The van der Waals surface area contributed by atoms with E-state index in [0.29, 0.717) is 24.7 Å². The second kappa shape index (κ2) is 11.4. The normalized spacial score (nSPS) is 14.6. The van der Waals surface area contributed by atoms with Gasteiger partial charge in [-0.1, -0.05) is 79.7 Å². The SMILES string of the molecule is CC(C)(C)COP(O)Oc1ccc(C(C)(C)c2ccc(OP(O)OCC(C)(C)C)cc2)cc1. The van der Waals surface area contributed by atoms with E-state index in [0.717, 1.165) is 11.1 Å². The molecule has 0 bridgehead atoms. The van der Waals surface area contributed by atoms with Crippen LogP contribution in [0.2, 0.25) is 0 Å². The van der Waals surface area contributed by atoms with E-state index in [1.807, 2.05) is 90.1 Å². The van der Waals surface area contributed by atoms with Gasteiger partial charge in [0.2, 0.25) is 0 Å². The Morgan fingerprint density at radius 2 is 0.879 bits per heavy atom. The molecule has 0 fully saturated rings. The summed E-state index contributed by atoms with van der Waals surface area (Å²) in [6.45, 7) is 17.3. The van der Waals surface area contributed by atoms with Crippen molar-refractivity contribution in [1.82, 2.24) is 0 Å². The Kier molecular flexibility index (Phi) is 9.70. The molecule has 0 saturated heterocycles. The lowest BCUT2D eigenvalue weighted by Gasteiger charge is -2.27. The minimum Gasteiger partial charge on any atom is -0.427 e. The van der Waals surface area contributed by atoms with Crippen LogP contribution in [0.4, 0.5) is 0 Å². The topological polar surface area (TPSA) is 77.4 Å². The Labute approximate surface area is 201 Å². The minimum atomic E-state index is -1.97. The first kappa shape index (κ1) is 28.0. The van der Waals surface area contributed by atoms with E-state index in [1.54, 1.807) is 0 Å². The first-order chi connectivity index (χ1) is 15.2. The summed E-state index contributed by atoms with van der Waals surface area (Å²) >= 11 is 0. The number of rotatable bonds is 10. The van der Waals surface area contributed by atoms with Crippen molar-refractivity contribution in [2.75, 3.05) is 13.2 Å². The molecule has 0 aliphatic rings. The monoisotopic (exact) mass is 496 g/mol. The van der Waals surface area contributed by atoms with Gasteiger partial charge in [-0.2, -0.15) is 0 Å². The Hall–Kier alpha value is -1.26. The third-order valence-corrected chi connectivity index (χ3v) is 6.17. The average molecular weight is 497 g/mol. The van der Waals surface area contributed by atoms with Gasteiger partial charge in [-0.15, -0.1) is 0 Å². The molecule has 0 aliphatic carbocycles. The largest absolute Gasteiger partial charge is 0.427 e. The molecule has 2 rings (SSSR count). The molecule has 0 spiro atoms. The summed E-state index contributed by atoms with van der Waals surface area (Å²) in [5, 5.41) is 0. The first-order valence-corrected chi connectivity index (χ1v) is 13.2. The Morgan fingerprint density at radius 3 is 1.15 bits per heavy atom. The van der Waals surface area contributed by atoms with E-state index in [2.05, 4.69) is 13.8 Å². The summed E-state index contributed by atoms with van der Waals surface area (Å²) in [7, 11) is -3.93. The maximum absolute atomic E-state index is 10.0. The Bertz CT molecular complexity index is 783. The maximum Gasteiger partial charge on any atom is 0.394 e. The summed E-state index contributed by atoms with van der Waals surface area (Å²) in [6, 6.07) is 15.3. The second-order valence-electron chi connectivity index (χ2n) is 11.0. The van der Waals surface area contributed by atoms with Crippen LogP contribution in [0.5, 0.6) is 11.5 Å². The molecule has 0 radical (unpaired) electrons. The second-order valence-corrected chi connectivity index (χ2v) is 12.8. The van der Waals surface area contributed by atoms with Crippen LogP contribution >= 0.6 is 17.2 Å². The quantitative estimate of drug-likeness (QED) is 0.335. The fourth-order valence-electron chi connectivity index (χ4n) is 2.76. The number of hydrogen-bond acceptors (Lipinski definition) is 6. The average Bonchev–Trinajstić information content (AvgIpc) is 2.71. The Balaban J connectivity index is 1.98. The molecule has 2 unspecified atom stereocenters. The maximum atomic E-state index is 10.0. The van der Waals surface area contributed by atoms with Crippen LogP contribution in [-0.2, 0) is 14.5 Å². The molecule has 184 valence electrons. The predicted molar refractivity (Wildman–Crippen MR) is 135 cm³/mol. The molecule has 8 heteroatoms. The van der Waals surface area contributed by atoms with Crippen LogP contribution < -0.4 is 9.05 Å². The van der Waals surface area contributed by atoms with Crippen LogP contribution in [0.3, 0.4) is 0 Å².